The summed E-state index contributed by atoms with van der Waals surface area (Å²) < 4.78 is 10.4. The van der Waals surface area contributed by atoms with Gasteiger partial charge in [0, 0.05) is 12.0 Å². The average Bonchev–Trinajstić information content (AvgIpc) is 2.64. The summed E-state index contributed by atoms with van der Waals surface area (Å²) in [6.07, 6.45) is 0.323. The van der Waals surface area contributed by atoms with Crippen molar-refractivity contribution in [2.24, 2.45) is 10.6 Å². The number of ether oxygens (including phenoxy) is 2. The molecule has 0 bridgehead atoms. The van der Waals surface area contributed by atoms with Crippen molar-refractivity contribution in [2.75, 3.05) is 13.2 Å². The van der Waals surface area contributed by atoms with Crippen molar-refractivity contribution in [3.63, 3.8) is 0 Å². The van der Waals surface area contributed by atoms with Gasteiger partial charge in [-0.25, -0.2) is 4.79 Å². The van der Waals surface area contributed by atoms with Crippen LogP contribution in [0.25, 0.3) is 0 Å². The Hall–Kier alpha value is -1.10. The number of nitrogens with zero attached hydrogens (tertiary/aromatic N) is 1. The van der Waals surface area contributed by atoms with E-state index in [0.717, 1.165) is 5.71 Å². The SMILES string of the molecule is CCOC(=O)C1(OCC)CC(C(C)(C)C)=NO1. The molecule has 1 unspecified atom stereocenters. The van der Waals surface area contributed by atoms with Crippen molar-refractivity contribution in [3.05, 3.63) is 0 Å². The molecule has 5 nitrogen and oxygen atoms in total. The Kier molecular flexibility index (Phi) is 4.14. The van der Waals surface area contributed by atoms with Gasteiger partial charge in [-0.15, -0.1) is 0 Å². The lowest BCUT2D eigenvalue weighted by Crippen LogP contribution is -2.44. The number of rotatable bonds is 4. The predicted octanol–water partition coefficient (Wildman–Crippen LogP) is 2.10. The van der Waals surface area contributed by atoms with Crippen molar-refractivity contribution in [3.8, 4) is 0 Å². The first-order valence-electron chi connectivity index (χ1n) is 5.92. The molecule has 1 aliphatic heterocycles. The predicted molar refractivity (Wildman–Crippen MR) is 63.6 cm³/mol. The Morgan fingerprint density at radius 1 is 1.41 bits per heavy atom. The third-order valence-electron chi connectivity index (χ3n) is 2.53. The standard InChI is InChI=1S/C12H21NO4/c1-6-15-10(14)12(16-7-2)8-9(13-17-12)11(3,4)5/h6-8H2,1-5H3. The minimum absolute atomic E-state index is 0.147. The highest BCUT2D eigenvalue weighted by atomic mass is 16.8. The molecule has 98 valence electrons. The van der Waals surface area contributed by atoms with Gasteiger partial charge < -0.3 is 14.3 Å². The molecule has 0 fully saturated rings. The van der Waals surface area contributed by atoms with E-state index in [9.17, 15) is 4.79 Å². The van der Waals surface area contributed by atoms with Crippen molar-refractivity contribution in [2.45, 2.75) is 46.8 Å². The summed E-state index contributed by atoms with van der Waals surface area (Å²) in [5.74, 6) is -1.89. The van der Waals surface area contributed by atoms with Crippen molar-refractivity contribution in [1.29, 1.82) is 0 Å². The Labute approximate surface area is 102 Å². The first kappa shape index (κ1) is 14.0. The fraction of sp³-hybridized carbons (Fsp3) is 0.833. The summed E-state index contributed by atoms with van der Waals surface area (Å²) in [5, 5.41) is 3.97. The first-order valence-corrected chi connectivity index (χ1v) is 5.92. The summed E-state index contributed by atoms with van der Waals surface area (Å²) >= 11 is 0. The largest absolute Gasteiger partial charge is 0.461 e. The Balaban J connectivity index is 2.83. The molecule has 1 heterocycles. The molecule has 0 aromatic carbocycles. The average molecular weight is 243 g/mol. The van der Waals surface area contributed by atoms with Crippen LogP contribution in [0.15, 0.2) is 5.16 Å². The molecule has 0 saturated carbocycles. The smallest absolute Gasteiger partial charge is 0.382 e. The van der Waals surface area contributed by atoms with Crippen LogP contribution in [0.4, 0.5) is 0 Å². The van der Waals surface area contributed by atoms with Gasteiger partial charge in [0.15, 0.2) is 0 Å². The van der Waals surface area contributed by atoms with Crippen LogP contribution in [0.3, 0.4) is 0 Å². The number of carbonyl (C=O) groups excluding carboxylic acids is 1. The minimum atomic E-state index is -1.38. The number of carbonyl (C=O) groups is 1. The van der Waals surface area contributed by atoms with Crippen LogP contribution < -0.4 is 0 Å². The maximum atomic E-state index is 11.9. The zero-order valence-electron chi connectivity index (χ0n) is 11.2. The van der Waals surface area contributed by atoms with Crippen LogP contribution in [0.2, 0.25) is 0 Å². The van der Waals surface area contributed by atoms with Crippen LogP contribution in [-0.2, 0) is 19.1 Å². The number of hydrogen-bond acceptors (Lipinski definition) is 5. The van der Waals surface area contributed by atoms with Crippen LogP contribution in [0.1, 0.15) is 41.0 Å². The van der Waals surface area contributed by atoms with E-state index in [0.29, 0.717) is 19.6 Å². The highest BCUT2D eigenvalue weighted by molar-refractivity contribution is 5.95. The molecule has 0 aromatic rings. The molecule has 0 spiro atoms. The van der Waals surface area contributed by atoms with Gasteiger partial charge in [0.25, 0.3) is 0 Å². The second-order valence-electron chi connectivity index (χ2n) is 4.96. The third-order valence-corrected chi connectivity index (χ3v) is 2.53. The minimum Gasteiger partial charge on any atom is -0.461 e. The monoisotopic (exact) mass is 243 g/mol. The van der Waals surface area contributed by atoms with Crippen LogP contribution in [0.5, 0.6) is 0 Å². The summed E-state index contributed by atoms with van der Waals surface area (Å²) in [4.78, 5) is 17.1. The van der Waals surface area contributed by atoms with Gasteiger partial charge in [-0.1, -0.05) is 25.9 Å². The van der Waals surface area contributed by atoms with E-state index in [-0.39, 0.29) is 5.41 Å². The fourth-order valence-electron chi connectivity index (χ4n) is 1.54. The lowest BCUT2D eigenvalue weighted by atomic mass is 9.86. The summed E-state index contributed by atoms with van der Waals surface area (Å²) in [5.41, 5.74) is 0.657. The quantitative estimate of drug-likeness (QED) is 0.709. The van der Waals surface area contributed by atoms with E-state index < -0.39 is 11.8 Å². The Bertz CT molecular complexity index is 319. The normalized spacial score (nSPS) is 24.2. The van der Waals surface area contributed by atoms with Crippen molar-refractivity contribution < 1.29 is 19.1 Å². The molecule has 0 radical (unpaired) electrons. The maximum absolute atomic E-state index is 11.9. The molecule has 1 rings (SSSR count). The molecule has 0 amide bonds. The van der Waals surface area contributed by atoms with E-state index in [2.05, 4.69) is 5.16 Å². The fourth-order valence-corrected chi connectivity index (χ4v) is 1.54. The molecular weight excluding hydrogens is 222 g/mol. The molecule has 0 N–H and O–H groups in total. The van der Waals surface area contributed by atoms with E-state index in [4.69, 9.17) is 14.3 Å². The second kappa shape index (κ2) is 5.04. The molecule has 1 aliphatic rings. The molecule has 17 heavy (non-hydrogen) atoms. The van der Waals surface area contributed by atoms with E-state index in [1.165, 1.54) is 0 Å². The Morgan fingerprint density at radius 2 is 2.06 bits per heavy atom. The summed E-state index contributed by atoms with van der Waals surface area (Å²) in [6, 6.07) is 0. The highest BCUT2D eigenvalue weighted by Crippen LogP contribution is 2.33. The van der Waals surface area contributed by atoms with Gasteiger partial charge in [-0.2, -0.15) is 0 Å². The van der Waals surface area contributed by atoms with Crippen LogP contribution in [0, 0.1) is 5.41 Å². The van der Waals surface area contributed by atoms with Crippen molar-refractivity contribution in [1.82, 2.24) is 0 Å². The van der Waals surface area contributed by atoms with Gasteiger partial charge in [0.2, 0.25) is 0 Å². The molecule has 0 aromatic heterocycles. The second-order valence-corrected chi connectivity index (χ2v) is 4.96. The lowest BCUT2D eigenvalue weighted by molar-refractivity contribution is -0.236. The van der Waals surface area contributed by atoms with Gasteiger partial charge in [-0.05, 0) is 13.8 Å². The molecule has 0 aliphatic carbocycles. The van der Waals surface area contributed by atoms with Gasteiger partial charge in [-0.3, -0.25) is 0 Å². The van der Waals surface area contributed by atoms with Crippen molar-refractivity contribution >= 4 is 11.7 Å². The zero-order valence-corrected chi connectivity index (χ0v) is 11.2. The van der Waals surface area contributed by atoms with Gasteiger partial charge in [0.05, 0.1) is 18.7 Å². The molecule has 1 atom stereocenters. The zero-order chi connectivity index (χ0) is 13.1. The molecule has 0 saturated heterocycles. The lowest BCUT2D eigenvalue weighted by Gasteiger charge is -2.24. The van der Waals surface area contributed by atoms with Crippen LogP contribution in [-0.4, -0.2) is 30.7 Å². The maximum Gasteiger partial charge on any atom is 0.382 e. The molecular formula is C12H21NO4. The number of oxime groups is 1. The highest BCUT2D eigenvalue weighted by Gasteiger charge is 2.51. The summed E-state index contributed by atoms with van der Waals surface area (Å²) in [6.45, 7) is 10.3. The van der Waals surface area contributed by atoms with Crippen LogP contribution >= 0.6 is 0 Å². The van der Waals surface area contributed by atoms with E-state index in [1.54, 1.807) is 13.8 Å². The summed E-state index contributed by atoms with van der Waals surface area (Å²) in [7, 11) is 0. The molecule has 5 heteroatoms. The number of hydrogen-bond donors (Lipinski definition) is 0. The number of esters is 1. The first-order chi connectivity index (χ1) is 7.85. The van der Waals surface area contributed by atoms with Gasteiger partial charge in [0.1, 0.15) is 0 Å². The topological polar surface area (TPSA) is 57.1 Å². The van der Waals surface area contributed by atoms with E-state index in [1.807, 2.05) is 20.8 Å². The van der Waals surface area contributed by atoms with E-state index >= 15 is 0 Å². The van der Waals surface area contributed by atoms with Gasteiger partial charge >= 0.3 is 11.8 Å². The Morgan fingerprint density at radius 3 is 2.47 bits per heavy atom. The third kappa shape index (κ3) is 2.97.